The summed E-state index contributed by atoms with van der Waals surface area (Å²) in [6, 6.07) is 4.20. The first-order valence-electron chi connectivity index (χ1n) is 11.6. The Morgan fingerprint density at radius 3 is 2.82 bits per heavy atom. The summed E-state index contributed by atoms with van der Waals surface area (Å²) in [6.07, 6.45) is 10.7. The van der Waals surface area contributed by atoms with E-state index in [4.69, 9.17) is 14.5 Å². The van der Waals surface area contributed by atoms with Gasteiger partial charge in [0.25, 0.3) is 5.91 Å². The Morgan fingerprint density at radius 2 is 2.12 bits per heavy atom. The van der Waals surface area contributed by atoms with E-state index in [-0.39, 0.29) is 11.5 Å². The largest absolute Gasteiger partial charge is 0.480 e. The van der Waals surface area contributed by atoms with Crippen LogP contribution >= 0.6 is 0 Å². The zero-order chi connectivity index (χ0) is 23.3. The van der Waals surface area contributed by atoms with Gasteiger partial charge in [-0.1, -0.05) is 0 Å². The molecule has 0 bridgehead atoms. The molecular weight excluding hydrogens is 434 g/mol. The molecule has 0 radical (unpaired) electrons. The van der Waals surface area contributed by atoms with Crippen LogP contribution in [0.4, 0.5) is 5.95 Å². The smallest absolute Gasteiger partial charge is 0.254 e. The fourth-order valence-electron chi connectivity index (χ4n) is 5.15. The average molecular weight is 462 g/mol. The second kappa shape index (κ2) is 7.98. The quantitative estimate of drug-likeness (QED) is 0.418. The number of carbonyl (C=O) groups excluding carboxylic acids is 1. The van der Waals surface area contributed by atoms with Crippen LogP contribution in [0, 0.1) is 0 Å². The van der Waals surface area contributed by atoms with E-state index in [2.05, 4.69) is 25.7 Å². The highest BCUT2D eigenvalue weighted by molar-refractivity contribution is 6.02. The fourth-order valence-corrected chi connectivity index (χ4v) is 5.15. The second-order valence-corrected chi connectivity index (χ2v) is 9.07. The minimum absolute atomic E-state index is 0.128. The molecule has 0 atom stereocenters. The summed E-state index contributed by atoms with van der Waals surface area (Å²) in [7, 11) is 3.22. The predicted octanol–water partition coefficient (Wildman–Crippen LogP) is 3.15. The van der Waals surface area contributed by atoms with Crippen molar-refractivity contribution in [3.8, 4) is 17.0 Å². The molecule has 10 nitrogen and oxygen atoms in total. The van der Waals surface area contributed by atoms with E-state index in [1.807, 2.05) is 24.5 Å². The number of carbonyl (C=O) groups is 1. The molecule has 1 amide bonds. The molecule has 4 aromatic rings. The number of nitrogens with zero attached hydrogens (tertiary/aromatic N) is 4. The van der Waals surface area contributed by atoms with Crippen molar-refractivity contribution in [3.05, 3.63) is 36.3 Å². The highest BCUT2D eigenvalue weighted by Gasteiger charge is 2.41. The number of nitrogens with one attached hydrogen (secondary N) is 3. The zero-order valence-electron chi connectivity index (χ0n) is 19.2. The Kier molecular flexibility index (Phi) is 4.91. The second-order valence-electron chi connectivity index (χ2n) is 9.07. The highest BCUT2D eigenvalue weighted by Crippen LogP contribution is 2.41. The predicted molar refractivity (Wildman–Crippen MR) is 127 cm³/mol. The summed E-state index contributed by atoms with van der Waals surface area (Å²) >= 11 is 0. The molecule has 3 N–H and O–H groups in total. The number of methoxy groups -OCH3 is 1. The van der Waals surface area contributed by atoms with Gasteiger partial charge >= 0.3 is 0 Å². The van der Waals surface area contributed by atoms with Gasteiger partial charge in [0.1, 0.15) is 5.65 Å². The molecule has 2 fully saturated rings. The lowest BCUT2D eigenvalue weighted by molar-refractivity contribution is -0.165. The monoisotopic (exact) mass is 461 g/mol. The van der Waals surface area contributed by atoms with Crippen LogP contribution in [0.25, 0.3) is 27.7 Å². The summed E-state index contributed by atoms with van der Waals surface area (Å²) in [6.45, 7) is 0.894. The molecule has 34 heavy (non-hydrogen) atoms. The van der Waals surface area contributed by atoms with Crippen LogP contribution in [0.3, 0.4) is 0 Å². The molecule has 5 heterocycles. The average Bonchev–Trinajstić information content (AvgIpc) is 3.46. The Labute approximate surface area is 196 Å². The third-order valence-electron chi connectivity index (χ3n) is 7.19. The van der Waals surface area contributed by atoms with Gasteiger partial charge in [-0.2, -0.15) is 15.1 Å². The summed E-state index contributed by atoms with van der Waals surface area (Å²) in [4.78, 5) is 24.9. The minimum atomic E-state index is -0.180. The lowest BCUT2D eigenvalue weighted by atomic mass is 9.77. The molecule has 0 unspecified atom stereocenters. The number of aromatic nitrogens is 5. The van der Waals surface area contributed by atoms with E-state index in [9.17, 15) is 4.79 Å². The van der Waals surface area contributed by atoms with Crippen LogP contribution in [0.2, 0.25) is 0 Å². The Morgan fingerprint density at radius 1 is 1.29 bits per heavy atom. The lowest BCUT2D eigenvalue weighted by Gasteiger charge is -2.46. The number of ether oxygens (including phenoxy) is 2. The van der Waals surface area contributed by atoms with Crippen LogP contribution < -0.4 is 15.4 Å². The molecule has 1 aliphatic carbocycles. The SMILES string of the molecule is CNC(=O)c1cnn2ccc(-c3c[nH]c4nc(N[C@H]5CC[C@@]6(CCO6)CC5)nc(OC)c34)cc12. The van der Waals surface area contributed by atoms with E-state index in [0.717, 1.165) is 54.3 Å². The zero-order valence-corrected chi connectivity index (χ0v) is 19.2. The van der Waals surface area contributed by atoms with Crippen LogP contribution in [0.5, 0.6) is 5.88 Å². The van der Waals surface area contributed by atoms with E-state index in [0.29, 0.717) is 29.1 Å². The van der Waals surface area contributed by atoms with Crippen molar-refractivity contribution in [2.75, 3.05) is 26.1 Å². The number of fused-ring (bicyclic) bond motifs is 2. The molecule has 1 saturated heterocycles. The molecule has 1 aliphatic heterocycles. The van der Waals surface area contributed by atoms with Gasteiger partial charge in [-0.05, 0) is 49.8 Å². The van der Waals surface area contributed by atoms with Gasteiger partial charge < -0.3 is 25.1 Å². The number of hydrogen-bond donors (Lipinski definition) is 3. The van der Waals surface area contributed by atoms with Gasteiger partial charge in [-0.25, -0.2) is 4.52 Å². The Hall–Kier alpha value is -3.66. The number of amides is 1. The summed E-state index contributed by atoms with van der Waals surface area (Å²) in [5.74, 6) is 0.875. The first-order valence-corrected chi connectivity index (χ1v) is 11.6. The molecule has 1 spiro atoms. The summed E-state index contributed by atoms with van der Waals surface area (Å²) in [5, 5.41) is 11.2. The van der Waals surface area contributed by atoms with Gasteiger partial charge in [0, 0.05) is 31.0 Å². The van der Waals surface area contributed by atoms with Gasteiger partial charge in [-0.3, -0.25) is 4.79 Å². The molecule has 1 saturated carbocycles. The van der Waals surface area contributed by atoms with Crippen LogP contribution in [-0.4, -0.2) is 62.9 Å². The van der Waals surface area contributed by atoms with Crippen molar-refractivity contribution >= 4 is 28.4 Å². The number of anilines is 1. The molecule has 2 aliphatic rings. The number of H-pyrrole nitrogens is 1. The number of aromatic amines is 1. The first kappa shape index (κ1) is 20.9. The van der Waals surface area contributed by atoms with E-state index < -0.39 is 0 Å². The molecule has 4 aromatic heterocycles. The van der Waals surface area contributed by atoms with Crippen LogP contribution in [0.15, 0.2) is 30.7 Å². The van der Waals surface area contributed by atoms with Crippen molar-refractivity contribution in [1.82, 2.24) is 29.9 Å². The van der Waals surface area contributed by atoms with E-state index in [1.165, 1.54) is 6.42 Å². The summed E-state index contributed by atoms with van der Waals surface area (Å²) < 4.78 is 13.2. The lowest BCUT2D eigenvalue weighted by Crippen LogP contribution is -2.48. The minimum Gasteiger partial charge on any atom is -0.480 e. The topological polar surface area (TPSA) is 118 Å². The normalized spacial score (nSPS) is 22.1. The van der Waals surface area contributed by atoms with Crippen molar-refractivity contribution in [3.63, 3.8) is 0 Å². The molecular formula is C24H27N7O3. The van der Waals surface area contributed by atoms with Crippen molar-refractivity contribution in [2.24, 2.45) is 0 Å². The Bertz CT molecular complexity index is 1380. The van der Waals surface area contributed by atoms with Gasteiger partial charge in [-0.15, -0.1) is 0 Å². The van der Waals surface area contributed by atoms with Crippen molar-refractivity contribution < 1.29 is 14.3 Å². The standard InChI is InChI=1S/C24H27N7O3/c1-25-21(32)17-13-27-31-9-5-14(11-18(17)31)16-12-26-20-19(16)22(33-2)30-23(29-20)28-15-3-6-24(7-4-15)8-10-34-24/h5,9,11-13,15H,3-4,6-8,10H2,1-2H3,(H,25,32)(H2,26,28,29,30)/t15-,24-. The third-order valence-corrected chi connectivity index (χ3v) is 7.19. The van der Waals surface area contributed by atoms with Crippen LogP contribution in [-0.2, 0) is 4.74 Å². The number of hydrogen-bond acceptors (Lipinski definition) is 7. The highest BCUT2D eigenvalue weighted by atomic mass is 16.5. The van der Waals surface area contributed by atoms with Gasteiger partial charge in [0.05, 0.1) is 42.0 Å². The van der Waals surface area contributed by atoms with E-state index in [1.54, 1.807) is 24.9 Å². The van der Waals surface area contributed by atoms with Gasteiger partial charge in [0.2, 0.25) is 11.8 Å². The maximum atomic E-state index is 12.2. The molecule has 176 valence electrons. The Balaban J connectivity index is 1.32. The maximum Gasteiger partial charge on any atom is 0.254 e. The van der Waals surface area contributed by atoms with E-state index >= 15 is 0 Å². The number of rotatable bonds is 5. The van der Waals surface area contributed by atoms with Crippen molar-refractivity contribution in [1.29, 1.82) is 0 Å². The molecule has 0 aromatic carbocycles. The molecule has 6 rings (SSSR count). The summed E-state index contributed by atoms with van der Waals surface area (Å²) in [5.41, 5.74) is 3.86. The van der Waals surface area contributed by atoms with Crippen LogP contribution in [0.1, 0.15) is 42.5 Å². The fraction of sp³-hybridized carbons (Fsp3) is 0.417. The molecule has 10 heteroatoms. The third kappa shape index (κ3) is 3.37. The van der Waals surface area contributed by atoms with Crippen molar-refractivity contribution in [2.45, 2.75) is 43.7 Å². The maximum absolute atomic E-state index is 12.2. The first-order chi connectivity index (χ1) is 16.6. The number of pyridine rings is 1. The van der Waals surface area contributed by atoms with Gasteiger partial charge in [0.15, 0.2) is 0 Å².